The fourth-order valence-corrected chi connectivity index (χ4v) is 7.56. The van der Waals surface area contributed by atoms with Gasteiger partial charge < -0.3 is 47.3 Å². The maximum absolute atomic E-state index is 12.5. The van der Waals surface area contributed by atoms with E-state index in [9.17, 15) is 34.2 Å². The van der Waals surface area contributed by atoms with E-state index in [0.29, 0.717) is 47.8 Å². The number of thiazole rings is 1. The van der Waals surface area contributed by atoms with Crippen molar-refractivity contribution in [3.63, 3.8) is 0 Å². The van der Waals surface area contributed by atoms with Crippen molar-refractivity contribution < 1.29 is 38.9 Å². The van der Waals surface area contributed by atoms with E-state index in [-0.39, 0.29) is 74.3 Å². The molecule has 0 spiro atoms. The van der Waals surface area contributed by atoms with Crippen LogP contribution in [-0.4, -0.2) is 99.5 Å². The number of aromatic nitrogens is 2. The quantitative estimate of drug-likeness (QED) is 0.0568. The first-order valence-corrected chi connectivity index (χ1v) is 20.3. The lowest BCUT2D eigenvalue weighted by Gasteiger charge is -2.29. The number of aryl methyl sites for hydroxylation is 1. The number of ether oxygens (including phenoxy) is 1. The summed E-state index contributed by atoms with van der Waals surface area (Å²) >= 11 is 2.74. The molecule has 1 atom stereocenters. The topological polar surface area (TPSA) is 239 Å². The maximum Gasteiger partial charge on any atom is 0.236 e. The van der Waals surface area contributed by atoms with Gasteiger partial charge >= 0.3 is 0 Å². The number of thioether (sulfide) groups is 1. The number of carbonyl (C=O) groups excluding carboxylic acids is 5. The van der Waals surface area contributed by atoms with Gasteiger partial charge in [-0.3, -0.25) is 28.5 Å². The van der Waals surface area contributed by atoms with Crippen LogP contribution in [0.5, 0.6) is 11.8 Å². The molecule has 3 rings (SSSR count). The smallest absolute Gasteiger partial charge is 0.236 e. The summed E-state index contributed by atoms with van der Waals surface area (Å²) in [5.74, 6) is -1.67. The van der Waals surface area contributed by atoms with Gasteiger partial charge in [-0.2, -0.15) is 0 Å². The van der Waals surface area contributed by atoms with Crippen molar-refractivity contribution >= 4 is 57.8 Å². The molecule has 0 bridgehead atoms. The number of primary amides is 1. The molecule has 5 amide bonds. The summed E-state index contributed by atoms with van der Waals surface area (Å²) in [4.78, 5) is 66.8. The number of nitrogens with two attached hydrogens (primary N) is 1. The number of fused-ring (bicyclic) bond motifs is 1. The zero-order valence-corrected chi connectivity index (χ0v) is 33.7. The zero-order valence-electron chi connectivity index (χ0n) is 32.1. The van der Waals surface area contributed by atoms with Gasteiger partial charge in [-0.05, 0) is 58.9 Å². The van der Waals surface area contributed by atoms with Gasteiger partial charge in [0.2, 0.25) is 35.4 Å². The molecule has 0 fully saturated rings. The van der Waals surface area contributed by atoms with Crippen molar-refractivity contribution in [3.8, 4) is 11.8 Å². The van der Waals surface area contributed by atoms with E-state index in [1.54, 1.807) is 13.8 Å². The number of aromatic hydroxyl groups is 2. The minimum absolute atomic E-state index is 0.0152. The second kappa shape index (κ2) is 21.3. The van der Waals surface area contributed by atoms with Crippen LogP contribution in [0.4, 0.5) is 5.13 Å². The normalized spacial score (nSPS) is 14.3. The first-order valence-electron chi connectivity index (χ1n) is 18.5. The molecule has 0 radical (unpaired) electrons. The predicted octanol–water partition coefficient (Wildman–Crippen LogP) is 2.55. The van der Waals surface area contributed by atoms with Crippen LogP contribution in [0.2, 0.25) is 0 Å². The molecule has 18 heteroatoms. The second-order valence-electron chi connectivity index (χ2n) is 14.6. The lowest BCUT2D eigenvalue weighted by molar-refractivity contribution is -0.133. The molecular formula is C36H58N8O8S2. The molecule has 0 saturated heterocycles. The Morgan fingerprint density at radius 3 is 2.43 bits per heavy atom. The minimum atomic E-state index is -0.760. The van der Waals surface area contributed by atoms with Gasteiger partial charge in [0.05, 0.1) is 22.7 Å². The number of rotatable bonds is 24. The highest BCUT2D eigenvalue weighted by Crippen LogP contribution is 2.35. The van der Waals surface area contributed by atoms with Crippen molar-refractivity contribution in [2.75, 3.05) is 43.9 Å². The van der Waals surface area contributed by atoms with E-state index >= 15 is 0 Å². The third-order valence-electron chi connectivity index (χ3n) is 9.01. The average Bonchev–Trinajstić information content (AvgIpc) is 3.63. The van der Waals surface area contributed by atoms with E-state index < -0.39 is 16.9 Å². The summed E-state index contributed by atoms with van der Waals surface area (Å²) in [6.07, 6.45) is 4.90. The number of nitrogens with zero attached hydrogens (tertiary/aromatic N) is 2. The molecule has 2 aromatic rings. The summed E-state index contributed by atoms with van der Waals surface area (Å²) in [6.45, 7) is 11.2. The summed E-state index contributed by atoms with van der Waals surface area (Å²) in [7, 11) is 0. The van der Waals surface area contributed by atoms with Crippen molar-refractivity contribution in [2.24, 2.45) is 11.1 Å². The maximum atomic E-state index is 12.5. The van der Waals surface area contributed by atoms with Crippen LogP contribution in [0.25, 0.3) is 0 Å². The summed E-state index contributed by atoms with van der Waals surface area (Å²) in [5.41, 5.74) is 4.79. The highest BCUT2D eigenvalue weighted by Gasteiger charge is 2.29. The van der Waals surface area contributed by atoms with Crippen molar-refractivity contribution in [1.82, 2.24) is 30.8 Å². The molecule has 16 nitrogen and oxygen atoms in total. The van der Waals surface area contributed by atoms with Crippen molar-refractivity contribution in [2.45, 2.75) is 115 Å². The van der Waals surface area contributed by atoms with E-state index in [4.69, 9.17) is 10.5 Å². The highest BCUT2D eigenvalue weighted by molar-refractivity contribution is 7.99. The van der Waals surface area contributed by atoms with Gasteiger partial charge in [0.25, 0.3) is 0 Å². The minimum Gasteiger partial charge on any atom is -0.494 e. The van der Waals surface area contributed by atoms with E-state index in [0.717, 1.165) is 37.9 Å². The van der Waals surface area contributed by atoms with Crippen LogP contribution in [0.1, 0.15) is 90.1 Å². The van der Waals surface area contributed by atoms with Crippen molar-refractivity contribution in [3.05, 3.63) is 16.6 Å². The van der Waals surface area contributed by atoms with Gasteiger partial charge in [-0.15, -0.1) is 23.1 Å². The summed E-state index contributed by atoms with van der Waals surface area (Å²) < 4.78 is 7.21. The molecule has 54 heavy (non-hydrogen) atoms. The lowest BCUT2D eigenvalue weighted by atomic mass is 9.88. The molecule has 1 aliphatic carbocycles. The molecule has 302 valence electrons. The van der Waals surface area contributed by atoms with E-state index in [2.05, 4.69) is 38.5 Å². The SMILES string of the molecule is CCCNC1CCc2nc(NC(=O)CCC(=O)NCCSc3cc(O)n(CCC(=O)NCCC(C)(C)OCCC(C)(C)C(=O)NCC(N)=O)c3O)sc2C1. The number of amides is 5. The number of carbonyl (C=O) groups is 5. The molecule has 9 N–H and O–H groups in total. The van der Waals surface area contributed by atoms with Gasteiger partial charge in [-0.25, -0.2) is 4.98 Å². The van der Waals surface area contributed by atoms with Crippen LogP contribution in [0.15, 0.2) is 11.0 Å². The Hall–Kier alpha value is -3.87. The number of hydrogen-bond acceptors (Lipinski definition) is 12. The Balaban J connectivity index is 1.29. The Morgan fingerprint density at radius 1 is 1.00 bits per heavy atom. The Labute approximate surface area is 325 Å². The first-order chi connectivity index (χ1) is 25.5. The molecule has 0 saturated carbocycles. The predicted molar refractivity (Wildman–Crippen MR) is 208 cm³/mol. The van der Waals surface area contributed by atoms with Gasteiger partial charge in [0.1, 0.15) is 0 Å². The fourth-order valence-electron chi connectivity index (χ4n) is 5.61. The monoisotopic (exact) mass is 794 g/mol. The first kappa shape index (κ1) is 44.5. The Bertz CT molecular complexity index is 1590. The van der Waals surface area contributed by atoms with Gasteiger partial charge in [-0.1, -0.05) is 20.8 Å². The summed E-state index contributed by atoms with van der Waals surface area (Å²) in [5, 5.41) is 36.1. The second-order valence-corrected chi connectivity index (χ2v) is 16.8. The molecule has 1 aliphatic rings. The summed E-state index contributed by atoms with van der Waals surface area (Å²) in [6, 6.07) is 1.84. The van der Waals surface area contributed by atoms with Crippen LogP contribution >= 0.6 is 23.1 Å². The molecule has 2 heterocycles. The zero-order chi connectivity index (χ0) is 39.9. The Morgan fingerprint density at radius 2 is 1.70 bits per heavy atom. The lowest BCUT2D eigenvalue weighted by Crippen LogP contribution is -2.42. The molecule has 1 unspecified atom stereocenters. The fraction of sp³-hybridized carbons (Fsp3) is 0.667. The van der Waals surface area contributed by atoms with Crippen LogP contribution in [-0.2, 0) is 48.1 Å². The van der Waals surface area contributed by atoms with Crippen molar-refractivity contribution in [1.29, 1.82) is 0 Å². The van der Waals surface area contributed by atoms with Gasteiger partial charge in [0.15, 0.2) is 11.0 Å². The third-order valence-corrected chi connectivity index (χ3v) is 11.1. The number of anilines is 1. The van der Waals surface area contributed by atoms with Crippen LogP contribution < -0.4 is 32.3 Å². The standard InChI is InChI=1S/C36H58N8O8S2/c1-6-14-38-23-7-8-24-25(20-23)54-34(42-24)43-30(48)10-9-28(46)40-16-19-53-26-21-31(49)44(32(26)50)17-11-29(47)39-15-12-36(4,5)52-18-13-35(2,3)33(51)41-22-27(37)45/h21,23,38,49-50H,6-20,22H2,1-5H3,(H2,37,45)(H,39,47)(H,40,46)(H,41,51)(H,42,43,48). The Kier molecular flexibility index (Phi) is 17.5. The average molecular weight is 795 g/mol. The largest absolute Gasteiger partial charge is 0.494 e. The molecular weight excluding hydrogens is 737 g/mol. The molecule has 0 aromatic carbocycles. The number of nitrogens with one attached hydrogen (secondary N) is 5. The van der Waals surface area contributed by atoms with E-state index in [1.807, 2.05) is 13.8 Å². The third kappa shape index (κ3) is 15.1. The molecule has 2 aromatic heterocycles. The van der Waals surface area contributed by atoms with Crippen LogP contribution in [0, 0.1) is 5.41 Å². The number of hydrogen-bond donors (Lipinski definition) is 8. The highest BCUT2D eigenvalue weighted by atomic mass is 32.2. The van der Waals surface area contributed by atoms with E-state index in [1.165, 1.54) is 38.6 Å². The molecule has 0 aliphatic heterocycles. The van der Waals surface area contributed by atoms with Crippen LogP contribution in [0.3, 0.4) is 0 Å². The van der Waals surface area contributed by atoms with Gasteiger partial charge in [0, 0.05) is 73.7 Å².